The van der Waals surface area contributed by atoms with Crippen molar-refractivity contribution in [1.82, 2.24) is 14.7 Å². The molecule has 0 unspecified atom stereocenters. The number of fused-ring (bicyclic) bond motifs is 1. The predicted octanol–water partition coefficient (Wildman–Crippen LogP) is 3.96. The number of hydrogen-bond donors (Lipinski definition) is 2. The van der Waals surface area contributed by atoms with Gasteiger partial charge in [-0.05, 0) is 30.3 Å². The Balaban J connectivity index is 1.63. The largest absolute Gasteiger partial charge is 0.332 e. The zero-order valence-corrected chi connectivity index (χ0v) is 12.9. The first-order valence-electron chi connectivity index (χ1n) is 6.55. The summed E-state index contributed by atoms with van der Waals surface area (Å²) in [6.45, 7) is 0.296. The van der Waals surface area contributed by atoms with Crippen LogP contribution in [0.5, 0.6) is 0 Å². The number of amides is 2. The molecule has 112 valence electrons. The molecule has 7 heteroatoms. The third-order valence-corrected chi connectivity index (χ3v) is 3.55. The third kappa shape index (κ3) is 3.32. The summed E-state index contributed by atoms with van der Waals surface area (Å²) in [7, 11) is 0. The van der Waals surface area contributed by atoms with Crippen molar-refractivity contribution in [3.63, 3.8) is 0 Å². The Morgan fingerprint density at radius 1 is 1.18 bits per heavy atom. The first kappa shape index (κ1) is 14.7. The second kappa shape index (κ2) is 6.25. The molecular weight excluding hydrogens is 323 g/mol. The van der Waals surface area contributed by atoms with Crippen LogP contribution in [0.3, 0.4) is 0 Å². The van der Waals surface area contributed by atoms with Crippen LogP contribution < -0.4 is 10.6 Å². The van der Waals surface area contributed by atoms with Crippen molar-refractivity contribution in [1.29, 1.82) is 0 Å². The number of urea groups is 1. The number of rotatable bonds is 3. The number of halogens is 2. The Kier molecular flexibility index (Phi) is 4.18. The van der Waals surface area contributed by atoms with E-state index in [9.17, 15) is 4.79 Å². The van der Waals surface area contributed by atoms with Crippen molar-refractivity contribution in [3.05, 3.63) is 64.5 Å². The maximum atomic E-state index is 11.9. The average molecular weight is 335 g/mol. The van der Waals surface area contributed by atoms with Crippen LogP contribution in [0, 0.1) is 0 Å². The molecule has 22 heavy (non-hydrogen) atoms. The molecule has 0 bridgehead atoms. The maximum absolute atomic E-state index is 11.9. The lowest BCUT2D eigenvalue weighted by Crippen LogP contribution is -2.28. The van der Waals surface area contributed by atoms with Crippen LogP contribution in [0.15, 0.2) is 48.7 Å². The minimum absolute atomic E-state index is 0.296. The number of aromatic nitrogens is 2. The van der Waals surface area contributed by atoms with Crippen LogP contribution in [0.2, 0.25) is 10.2 Å². The van der Waals surface area contributed by atoms with Crippen LogP contribution in [0.1, 0.15) is 5.69 Å². The highest BCUT2D eigenvalue weighted by atomic mass is 35.5. The molecule has 0 spiro atoms. The Hall–Kier alpha value is -2.24. The summed E-state index contributed by atoms with van der Waals surface area (Å²) >= 11 is 11.9. The van der Waals surface area contributed by atoms with E-state index in [1.165, 1.54) is 0 Å². The van der Waals surface area contributed by atoms with Gasteiger partial charge in [0.1, 0.15) is 10.8 Å². The summed E-state index contributed by atoms with van der Waals surface area (Å²) in [6, 6.07) is 12.1. The molecule has 3 rings (SSSR count). The van der Waals surface area contributed by atoms with Gasteiger partial charge >= 0.3 is 6.03 Å². The molecule has 0 aliphatic rings. The third-order valence-electron chi connectivity index (χ3n) is 3.00. The van der Waals surface area contributed by atoms with E-state index >= 15 is 0 Å². The molecule has 0 aliphatic heterocycles. The smallest absolute Gasteiger partial charge is 0.319 e. The van der Waals surface area contributed by atoms with Gasteiger partial charge in [-0.1, -0.05) is 35.3 Å². The molecule has 0 saturated heterocycles. The van der Waals surface area contributed by atoms with Crippen molar-refractivity contribution in [3.8, 4) is 0 Å². The first-order chi connectivity index (χ1) is 10.6. The number of carbonyl (C=O) groups excluding carboxylic acids is 1. The molecule has 5 nitrogen and oxygen atoms in total. The fourth-order valence-electron chi connectivity index (χ4n) is 2.03. The van der Waals surface area contributed by atoms with Gasteiger partial charge in [0.15, 0.2) is 0 Å². The van der Waals surface area contributed by atoms with E-state index in [0.29, 0.717) is 28.1 Å². The van der Waals surface area contributed by atoms with E-state index in [0.717, 1.165) is 5.65 Å². The zero-order valence-electron chi connectivity index (χ0n) is 11.4. The maximum Gasteiger partial charge on any atom is 0.319 e. The molecule has 2 amide bonds. The summed E-state index contributed by atoms with van der Waals surface area (Å²) < 4.78 is 1.76. The molecule has 1 aromatic carbocycles. The molecule has 0 atom stereocenters. The van der Waals surface area contributed by atoms with Gasteiger partial charge < -0.3 is 10.6 Å². The van der Waals surface area contributed by atoms with E-state index in [4.69, 9.17) is 23.2 Å². The molecular formula is C15H12Cl2N4O. The van der Waals surface area contributed by atoms with Crippen LogP contribution >= 0.6 is 23.2 Å². The van der Waals surface area contributed by atoms with Crippen LogP contribution in [-0.4, -0.2) is 15.4 Å². The van der Waals surface area contributed by atoms with Crippen molar-refractivity contribution < 1.29 is 4.79 Å². The van der Waals surface area contributed by atoms with Gasteiger partial charge in [0, 0.05) is 16.9 Å². The second-order valence-corrected chi connectivity index (χ2v) is 5.45. The highest BCUT2D eigenvalue weighted by Crippen LogP contribution is 2.15. The molecule has 0 aliphatic carbocycles. The second-order valence-electron chi connectivity index (χ2n) is 4.63. The van der Waals surface area contributed by atoms with E-state index in [-0.39, 0.29) is 6.03 Å². The van der Waals surface area contributed by atoms with Crippen molar-refractivity contribution in [2.24, 2.45) is 0 Å². The number of nitrogens with one attached hydrogen (secondary N) is 2. The molecule has 3 aromatic rings. The van der Waals surface area contributed by atoms with E-state index in [2.05, 4.69) is 15.6 Å². The number of hydrogen-bond acceptors (Lipinski definition) is 2. The summed E-state index contributed by atoms with van der Waals surface area (Å²) in [5.74, 6) is 0. The predicted molar refractivity (Wildman–Crippen MR) is 87.5 cm³/mol. The topological polar surface area (TPSA) is 58.4 Å². The van der Waals surface area contributed by atoms with Gasteiger partial charge in [0.2, 0.25) is 0 Å². The monoisotopic (exact) mass is 334 g/mol. The molecule has 2 N–H and O–H groups in total. The molecule has 2 aromatic heterocycles. The normalized spacial score (nSPS) is 10.6. The standard InChI is InChI=1S/C15H12Cl2N4O/c16-10-3-1-4-11(7-10)20-15(22)18-8-12-9-21-13(17)5-2-6-14(21)19-12/h1-7,9H,8H2,(H2,18,20,22). The number of imidazole rings is 1. The molecule has 0 radical (unpaired) electrons. The highest BCUT2D eigenvalue weighted by Gasteiger charge is 2.06. The van der Waals surface area contributed by atoms with Crippen molar-refractivity contribution >= 4 is 40.6 Å². The van der Waals surface area contributed by atoms with Gasteiger partial charge in [-0.2, -0.15) is 0 Å². The van der Waals surface area contributed by atoms with Gasteiger partial charge in [0.25, 0.3) is 0 Å². The van der Waals surface area contributed by atoms with Crippen LogP contribution in [-0.2, 0) is 6.54 Å². The Morgan fingerprint density at radius 2 is 2.00 bits per heavy atom. The molecule has 0 fully saturated rings. The minimum Gasteiger partial charge on any atom is -0.332 e. The number of benzene rings is 1. The zero-order chi connectivity index (χ0) is 15.5. The number of pyridine rings is 1. The fraction of sp³-hybridized carbons (Fsp3) is 0.0667. The average Bonchev–Trinajstić information content (AvgIpc) is 2.90. The fourth-order valence-corrected chi connectivity index (χ4v) is 2.42. The first-order valence-corrected chi connectivity index (χ1v) is 7.30. The Morgan fingerprint density at radius 3 is 2.77 bits per heavy atom. The summed E-state index contributed by atoms with van der Waals surface area (Å²) in [5, 5.41) is 6.57. The minimum atomic E-state index is -0.328. The number of anilines is 1. The van der Waals surface area contributed by atoms with Crippen LogP contribution in [0.4, 0.5) is 10.5 Å². The van der Waals surface area contributed by atoms with Crippen LogP contribution in [0.25, 0.3) is 5.65 Å². The summed E-state index contributed by atoms with van der Waals surface area (Å²) in [4.78, 5) is 16.2. The number of carbonyl (C=O) groups is 1. The lowest BCUT2D eigenvalue weighted by molar-refractivity contribution is 0.251. The van der Waals surface area contributed by atoms with E-state index in [1.807, 2.05) is 12.1 Å². The van der Waals surface area contributed by atoms with Crippen molar-refractivity contribution in [2.75, 3.05) is 5.32 Å². The Bertz CT molecular complexity index is 831. The summed E-state index contributed by atoms with van der Waals surface area (Å²) in [5.41, 5.74) is 2.08. The molecule has 0 saturated carbocycles. The Labute approximate surface area is 136 Å². The molecule has 2 heterocycles. The number of nitrogens with zero attached hydrogens (tertiary/aromatic N) is 2. The van der Waals surface area contributed by atoms with Gasteiger partial charge in [-0.15, -0.1) is 0 Å². The lowest BCUT2D eigenvalue weighted by atomic mass is 10.3. The SMILES string of the molecule is O=C(NCc1cn2c(Cl)cccc2n1)Nc1cccc(Cl)c1. The van der Waals surface area contributed by atoms with Gasteiger partial charge in [0.05, 0.1) is 12.2 Å². The quantitative estimate of drug-likeness (QED) is 0.712. The lowest BCUT2D eigenvalue weighted by Gasteiger charge is -2.06. The highest BCUT2D eigenvalue weighted by molar-refractivity contribution is 6.31. The van der Waals surface area contributed by atoms with Crippen molar-refractivity contribution in [2.45, 2.75) is 6.54 Å². The summed E-state index contributed by atoms with van der Waals surface area (Å²) in [6.07, 6.45) is 1.79. The van der Waals surface area contributed by atoms with Gasteiger partial charge in [-0.25, -0.2) is 9.78 Å². The van der Waals surface area contributed by atoms with E-state index < -0.39 is 0 Å². The van der Waals surface area contributed by atoms with Gasteiger partial charge in [-0.3, -0.25) is 4.40 Å². The van der Waals surface area contributed by atoms with E-state index in [1.54, 1.807) is 40.9 Å².